The van der Waals surface area contributed by atoms with Crippen molar-refractivity contribution in [2.45, 2.75) is 26.6 Å². The van der Waals surface area contributed by atoms with Crippen molar-refractivity contribution in [3.63, 3.8) is 0 Å². The lowest BCUT2D eigenvalue weighted by molar-refractivity contribution is -0.137. The van der Waals surface area contributed by atoms with Gasteiger partial charge >= 0.3 is 6.18 Å². The van der Waals surface area contributed by atoms with E-state index < -0.39 is 11.7 Å². The van der Waals surface area contributed by atoms with Crippen molar-refractivity contribution < 1.29 is 22.7 Å². The summed E-state index contributed by atoms with van der Waals surface area (Å²) in [5, 5.41) is 2.82. The highest BCUT2D eigenvalue weighted by Crippen LogP contribution is 2.35. The van der Waals surface area contributed by atoms with Crippen molar-refractivity contribution in [2.24, 2.45) is 0 Å². The molecular formula is C22H21F3N2O2. The number of amides is 1. The summed E-state index contributed by atoms with van der Waals surface area (Å²) in [6.07, 6.45) is -4.49. The zero-order chi connectivity index (χ0) is 21.2. The third-order valence-corrected chi connectivity index (χ3v) is 4.74. The molecule has 3 rings (SSSR count). The van der Waals surface area contributed by atoms with Crippen LogP contribution in [0.4, 0.5) is 13.2 Å². The number of aromatic nitrogens is 1. The third kappa shape index (κ3) is 4.29. The fourth-order valence-corrected chi connectivity index (χ4v) is 3.29. The van der Waals surface area contributed by atoms with Crippen molar-refractivity contribution in [1.29, 1.82) is 0 Å². The number of halogens is 3. The summed E-state index contributed by atoms with van der Waals surface area (Å²) in [5.74, 6) is 0.372. The molecule has 1 N–H and O–H groups in total. The van der Waals surface area contributed by atoms with Crippen LogP contribution < -0.4 is 10.1 Å². The maximum Gasteiger partial charge on any atom is 0.418 e. The molecule has 0 aliphatic heterocycles. The second-order valence-electron chi connectivity index (χ2n) is 6.67. The molecule has 0 aliphatic carbocycles. The fourth-order valence-electron chi connectivity index (χ4n) is 3.29. The molecule has 29 heavy (non-hydrogen) atoms. The Morgan fingerprint density at radius 1 is 1.07 bits per heavy atom. The highest BCUT2D eigenvalue weighted by molar-refractivity contribution is 5.95. The Labute approximate surface area is 166 Å². The standard InChI is InChI=1S/C22H21F3N2O2/c1-14-12-18(21(28)26-13-16-8-10-17(29-3)11-9-16)15(2)27(14)20-7-5-4-6-19(20)22(23,24)25/h4-12H,13H2,1-3H3,(H,26,28). The molecule has 0 bridgehead atoms. The molecule has 0 unspecified atom stereocenters. The lowest BCUT2D eigenvalue weighted by atomic mass is 10.1. The third-order valence-electron chi connectivity index (χ3n) is 4.74. The van der Waals surface area contributed by atoms with Crippen LogP contribution in [0.2, 0.25) is 0 Å². The van der Waals surface area contributed by atoms with E-state index >= 15 is 0 Å². The minimum Gasteiger partial charge on any atom is -0.497 e. The average Bonchev–Trinajstić information content (AvgIpc) is 3.00. The van der Waals surface area contributed by atoms with Gasteiger partial charge in [0.2, 0.25) is 0 Å². The predicted octanol–water partition coefficient (Wildman–Crippen LogP) is 5.05. The van der Waals surface area contributed by atoms with Gasteiger partial charge in [-0.25, -0.2) is 0 Å². The van der Waals surface area contributed by atoms with Gasteiger partial charge in [-0.15, -0.1) is 0 Å². The normalized spacial score (nSPS) is 11.4. The molecule has 7 heteroatoms. The van der Waals surface area contributed by atoms with Gasteiger partial charge in [-0.3, -0.25) is 4.79 Å². The Morgan fingerprint density at radius 3 is 2.34 bits per heavy atom. The molecule has 0 saturated carbocycles. The Morgan fingerprint density at radius 2 is 1.72 bits per heavy atom. The molecule has 0 spiro atoms. The first kappa shape index (κ1) is 20.5. The molecule has 1 heterocycles. The van der Waals surface area contributed by atoms with E-state index in [4.69, 9.17) is 4.74 Å². The van der Waals surface area contributed by atoms with Crippen LogP contribution in [0.15, 0.2) is 54.6 Å². The summed E-state index contributed by atoms with van der Waals surface area (Å²) in [7, 11) is 1.57. The van der Waals surface area contributed by atoms with Gasteiger partial charge in [-0.05, 0) is 49.7 Å². The van der Waals surface area contributed by atoms with Crippen molar-refractivity contribution in [3.8, 4) is 11.4 Å². The molecule has 0 fully saturated rings. The van der Waals surface area contributed by atoms with E-state index in [1.165, 1.54) is 16.7 Å². The lowest BCUT2D eigenvalue weighted by Crippen LogP contribution is -2.23. The average molecular weight is 402 g/mol. The SMILES string of the molecule is COc1ccc(CNC(=O)c2cc(C)n(-c3ccccc3C(F)(F)F)c2C)cc1. The monoisotopic (exact) mass is 402 g/mol. The van der Waals surface area contributed by atoms with Crippen molar-refractivity contribution in [3.05, 3.63) is 82.7 Å². The van der Waals surface area contributed by atoms with Gasteiger partial charge in [0, 0.05) is 17.9 Å². The van der Waals surface area contributed by atoms with Crippen LogP contribution in [0.25, 0.3) is 5.69 Å². The first-order valence-electron chi connectivity index (χ1n) is 8.99. The molecule has 1 amide bonds. The highest BCUT2D eigenvalue weighted by Gasteiger charge is 2.34. The minimum absolute atomic E-state index is 0.00389. The number of carbonyl (C=O) groups excluding carboxylic acids is 1. The maximum absolute atomic E-state index is 13.4. The molecule has 0 radical (unpaired) electrons. The number of methoxy groups -OCH3 is 1. The first-order chi connectivity index (χ1) is 13.7. The number of nitrogens with zero attached hydrogens (tertiary/aromatic N) is 1. The van der Waals surface area contributed by atoms with Crippen molar-refractivity contribution in [2.75, 3.05) is 7.11 Å². The summed E-state index contributed by atoms with van der Waals surface area (Å²) in [6.45, 7) is 3.62. The van der Waals surface area contributed by atoms with Gasteiger partial charge < -0.3 is 14.6 Å². The van der Waals surface area contributed by atoms with Crippen LogP contribution in [0.1, 0.15) is 32.9 Å². The minimum atomic E-state index is -4.49. The van der Waals surface area contributed by atoms with E-state index in [1.807, 2.05) is 12.1 Å². The maximum atomic E-state index is 13.4. The quantitative estimate of drug-likeness (QED) is 0.649. The summed E-state index contributed by atoms with van der Waals surface area (Å²) >= 11 is 0. The molecule has 1 aromatic heterocycles. The topological polar surface area (TPSA) is 43.3 Å². The van der Waals surface area contributed by atoms with Gasteiger partial charge in [0.25, 0.3) is 5.91 Å². The summed E-state index contributed by atoms with van der Waals surface area (Å²) in [6, 6.07) is 14.2. The Balaban J connectivity index is 1.87. The second-order valence-corrected chi connectivity index (χ2v) is 6.67. The Bertz CT molecular complexity index is 1020. The number of ether oxygens (including phenoxy) is 1. The van der Waals surface area contributed by atoms with Gasteiger partial charge in [-0.1, -0.05) is 24.3 Å². The molecule has 0 atom stereocenters. The molecule has 152 valence electrons. The molecule has 0 aliphatic rings. The van der Waals surface area contributed by atoms with Crippen LogP contribution in [0.5, 0.6) is 5.75 Å². The Hall–Kier alpha value is -3.22. The van der Waals surface area contributed by atoms with E-state index in [1.54, 1.807) is 45.2 Å². The van der Waals surface area contributed by atoms with Crippen molar-refractivity contribution in [1.82, 2.24) is 9.88 Å². The number of hydrogen-bond acceptors (Lipinski definition) is 2. The van der Waals surface area contributed by atoms with E-state index in [0.29, 0.717) is 29.2 Å². The van der Waals surface area contributed by atoms with E-state index in [9.17, 15) is 18.0 Å². The van der Waals surface area contributed by atoms with Crippen LogP contribution in [-0.2, 0) is 12.7 Å². The fraction of sp³-hybridized carbons (Fsp3) is 0.227. The first-order valence-corrected chi connectivity index (χ1v) is 8.99. The number of para-hydroxylation sites is 1. The zero-order valence-electron chi connectivity index (χ0n) is 16.3. The summed E-state index contributed by atoms with van der Waals surface area (Å²) in [5.41, 5.74) is 1.49. The number of aryl methyl sites for hydroxylation is 1. The molecular weight excluding hydrogens is 381 g/mol. The van der Waals surface area contributed by atoms with Gasteiger partial charge in [0.15, 0.2) is 0 Å². The number of carbonyl (C=O) groups is 1. The van der Waals surface area contributed by atoms with E-state index in [2.05, 4.69) is 5.32 Å². The van der Waals surface area contributed by atoms with Crippen LogP contribution in [0, 0.1) is 13.8 Å². The van der Waals surface area contributed by atoms with E-state index in [0.717, 1.165) is 11.6 Å². The van der Waals surface area contributed by atoms with Crippen LogP contribution >= 0.6 is 0 Å². The summed E-state index contributed by atoms with van der Waals surface area (Å²) < 4.78 is 46.8. The number of nitrogens with one attached hydrogen (secondary N) is 1. The second kappa shape index (κ2) is 8.03. The van der Waals surface area contributed by atoms with Gasteiger partial charge in [0.1, 0.15) is 5.75 Å². The number of hydrogen-bond donors (Lipinski definition) is 1. The number of rotatable bonds is 5. The highest BCUT2D eigenvalue weighted by atomic mass is 19.4. The zero-order valence-corrected chi connectivity index (χ0v) is 16.3. The summed E-state index contributed by atoms with van der Waals surface area (Å²) in [4.78, 5) is 12.7. The molecule has 4 nitrogen and oxygen atoms in total. The van der Waals surface area contributed by atoms with Crippen LogP contribution in [-0.4, -0.2) is 17.6 Å². The van der Waals surface area contributed by atoms with Gasteiger partial charge in [-0.2, -0.15) is 13.2 Å². The largest absolute Gasteiger partial charge is 0.497 e. The van der Waals surface area contributed by atoms with Crippen molar-refractivity contribution >= 4 is 5.91 Å². The van der Waals surface area contributed by atoms with Gasteiger partial charge in [0.05, 0.1) is 23.9 Å². The number of alkyl halides is 3. The lowest BCUT2D eigenvalue weighted by Gasteiger charge is -2.16. The number of benzene rings is 2. The van der Waals surface area contributed by atoms with Crippen LogP contribution in [0.3, 0.4) is 0 Å². The Kier molecular flexibility index (Phi) is 5.68. The smallest absolute Gasteiger partial charge is 0.418 e. The molecule has 0 saturated heterocycles. The van der Waals surface area contributed by atoms with E-state index in [-0.39, 0.29) is 11.6 Å². The molecule has 3 aromatic rings. The predicted molar refractivity (Wildman–Crippen MR) is 104 cm³/mol. The molecule has 2 aromatic carbocycles.